The summed E-state index contributed by atoms with van der Waals surface area (Å²) in [5.41, 5.74) is 1.09. The van der Waals surface area contributed by atoms with Crippen LogP contribution in [-0.2, 0) is 0 Å². The molecule has 1 aliphatic heterocycles. The Kier molecular flexibility index (Phi) is 6.02. The zero-order valence-corrected chi connectivity index (χ0v) is 17.6. The van der Waals surface area contributed by atoms with Gasteiger partial charge >= 0.3 is 6.36 Å². The number of carbonyl (C=O) groups excluding carboxylic acids is 1. The number of aryl methyl sites for hydroxylation is 1. The Hall–Kier alpha value is -2.13. The Morgan fingerprint density at radius 2 is 1.87 bits per heavy atom. The molecule has 2 aliphatic rings. The molecule has 162 valence electrons. The highest BCUT2D eigenvalue weighted by Gasteiger charge is 2.32. The van der Waals surface area contributed by atoms with Crippen molar-refractivity contribution in [3.8, 4) is 16.3 Å². The number of hydrogen-bond donors (Lipinski definition) is 0. The number of hydrogen-bond acceptors (Lipinski definition) is 5. The van der Waals surface area contributed by atoms with Crippen LogP contribution >= 0.6 is 11.3 Å². The SMILES string of the molecule is Cc1nc(-c2cccc(OC(F)(F)F)c2)sc1C(=O)N1CCN(C2CCCC2)CC1. The molecule has 2 aromatic rings. The van der Waals surface area contributed by atoms with Crippen LogP contribution in [0.2, 0.25) is 0 Å². The first-order valence-corrected chi connectivity index (χ1v) is 11.0. The van der Waals surface area contributed by atoms with E-state index in [0.29, 0.717) is 40.3 Å². The van der Waals surface area contributed by atoms with Crippen LogP contribution in [0, 0.1) is 6.92 Å². The molecule has 1 saturated heterocycles. The maximum Gasteiger partial charge on any atom is 0.573 e. The van der Waals surface area contributed by atoms with Crippen molar-refractivity contribution in [2.75, 3.05) is 26.2 Å². The normalized spacial score (nSPS) is 18.7. The summed E-state index contributed by atoms with van der Waals surface area (Å²) < 4.78 is 41.5. The fraction of sp³-hybridized carbons (Fsp3) is 0.524. The quantitative estimate of drug-likeness (QED) is 0.692. The summed E-state index contributed by atoms with van der Waals surface area (Å²) in [6.45, 7) is 4.92. The van der Waals surface area contributed by atoms with Crippen LogP contribution in [0.3, 0.4) is 0 Å². The van der Waals surface area contributed by atoms with Gasteiger partial charge in [0, 0.05) is 37.8 Å². The van der Waals surface area contributed by atoms with E-state index in [4.69, 9.17) is 0 Å². The van der Waals surface area contributed by atoms with Gasteiger partial charge in [-0.25, -0.2) is 4.98 Å². The van der Waals surface area contributed by atoms with Crippen LogP contribution in [0.15, 0.2) is 24.3 Å². The molecule has 0 spiro atoms. The number of aromatic nitrogens is 1. The van der Waals surface area contributed by atoms with Crippen LogP contribution in [0.1, 0.15) is 41.0 Å². The fourth-order valence-corrected chi connectivity index (χ4v) is 5.28. The number of benzene rings is 1. The predicted molar refractivity (Wildman–Crippen MR) is 109 cm³/mol. The first kappa shape index (κ1) is 21.1. The molecule has 0 unspecified atom stereocenters. The summed E-state index contributed by atoms with van der Waals surface area (Å²) in [7, 11) is 0. The van der Waals surface area contributed by atoms with Crippen molar-refractivity contribution in [2.45, 2.75) is 45.0 Å². The maximum absolute atomic E-state index is 13.1. The number of carbonyl (C=O) groups is 1. The lowest BCUT2D eigenvalue weighted by Crippen LogP contribution is -2.51. The van der Waals surface area contributed by atoms with Gasteiger partial charge in [-0.05, 0) is 31.9 Å². The zero-order chi connectivity index (χ0) is 21.3. The van der Waals surface area contributed by atoms with Crippen molar-refractivity contribution in [1.82, 2.24) is 14.8 Å². The van der Waals surface area contributed by atoms with Gasteiger partial charge < -0.3 is 9.64 Å². The van der Waals surface area contributed by atoms with Crippen molar-refractivity contribution < 1.29 is 22.7 Å². The molecular weight excluding hydrogens is 415 g/mol. The Labute approximate surface area is 177 Å². The minimum absolute atomic E-state index is 0.0509. The second-order valence-electron chi connectivity index (χ2n) is 7.78. The molecule has 0 radical (unpaired) electrons. The molecule has 1 amide bonds. The van der Waals surface area contributed by atoms with E-state index >= 15 is 0 Å². The van der Waals surface area contributed by atoms with Gasteiger partial charge in [0.2, 0.25) is 0 Å². The van der Waals surface area contributed by atoms with E-state index in [1.54, 1.807) is 13.0 Å². The summed E-state index contributed by atoms with van der Waals surface area (Å²) >= 11 is 1.21. The Morgan fingerprint density at radius 1 is 1.17 bits per heavy atom. The molecule has 4 rings (SSSR count). The number of rotatable bonds is 4. The van der Waals surface area contributed by atoms with E-state index in [9.17, 15) is 18.0 Å². The van der Waals surface area contributed by atoms with Crippen LogP contribution in [-0.4, -0.2) is 59.3 Å². The molecule has 9 heteroatoms. The first-order chi connectivity index (χ1) is 14.3. The Balaban J connectivity index is 1.45. The van der Waals surface area contributed by atoms with Gasteiger partial charge in [0.15, 0.2) is 0 Å². The highest BCUT2D eigenvalue weighted by atomic mass is 32.1. The van der Waals surface area contributed by atoms with Gasteiger partial charge in [0.25, 0.3) is 5.91 Å². The number of alkyl halides is 3. The maximum atomic E-state index is 13.1. The molecule has 30 heavy (non-hydrogen) atoms. The third-order valence-corrected chi connectivity index (χ3v) is 6.94. The van der Waals surface area contributed by atoms with E-state index in [0.717, 1.165) is 13.1 Å². The van der Waals surface area contributed by atoms with Crippen molar-refractivity contribution in [3.05, 3.63) is 34.8 Å². The van der Waals surface area contributed by atoms with E-state index in [1.807, 2.05) is 4.90 Å². The molecule has 2 fully saturated rings. The number of nitrogens with zero attached hydrogens (tertiary/aromatic N) is 3. The summed E-state index contributed by atoms with van der Waals surface area (Å²) in [6, 6.07) is 6.34. The Bertz CT molecular complexity index is 901. The number of amides is 1. The Morgan fingerprint density at radius 3 is 2.53 bits per heavy atom. The highest BCUT2D eigenvalue weighted by Crippen LogP contribution is 2.33. The van der Waals surface area contributed by atoms with Gasteiger partial charge in [-0.3, -0.25) is 9.69 Å². The van der Waals surface area contributed by atoms with E-state index < -0.39 is 6.36 Å². The average molecular weight is 440 g/mol. The average Bonchev–Trinajstić information content (AvgIpc) is 3.36. The highest BCUT2D eigenvalue weighted by molar-refractivity contribution is 7.17. The minimum Gasteiger partial charge on any atom is -0.406 e. The fourth-order valence-electron chi connectivity index (χ4n) is 4.25. The molecular formula is C21H24F3N3O2S. The van der Waals surface area contributed by atoms with Gasteiger partial charge in [0.05, 0.1) is 5.69 Å². The molecule has 2 heterocycles. The number of piperazine rings is 1. The second kappa shape index (κ2) is 8.55. The smallest absolute Gasteiger partial charge is 0.406 e. The minimum atomic E-state index is -4.75. The number of thiazole rings is 1. The van der Waals surface area contributed by atoms with E-state index in [-0.39, 0.29) is 11.7 Å². The molecule has 1 aromatic heterocycles. The van der Waals surface area contributed by atoms with Crippen molar-refractivity contribution in [2.24, 2.45) is 0 Å². The molecule has 1 saturated carbocycles. The molecule has 1 aromatic carbocycles. The van der Waals surface area contributed by atoms with Crippen LogP contribution in [0.25, 0.3) is 10.6 Å². The third kappa shape index (κ3) is 4.78. The lowest BCUT2D eigenvalue weighted by molar-refractivity contribution is -0.274. The van der Waals surface area contributed by atoms with Crippen LogP contribution in [0.4, 0.5) is 13.2 Å². The molecule has 0 N–H and O–H groups in total. The van der Waals surface area contributed by atoms with Crippen LogP contribution in [0.5, 0.6) is 5.75 Å². The van der Waals surface area contributed by atoms with Crippen molar-refractivity contribution in [1.29, 1.82) is 0 Å². The van der Waals surface area contributed by atoms with Gasteiger partial charge in [-0.1, -0.05) is 25.0 Å². The summed E-state index contributed by atoms with van der Waals surface area (Å²) in [4.78, 5) is 22.4. The van der Waals surface area contributed by atoms with E-state index in [2.05, 4.69) is 14.6 Å². The largest absolute Gasteiger partial charge is 0.573 e. The monoisotopic (exact) mass is 439 g/mol. The van der Waals surface area contributed by atoms with Crippen LogP contribution < -0.4 is 4.74 Å². The molecule has 0 bridgehead atoms. The lowest BCUT2D eigenvalue weighted by atomic mass is 10.1. The molecule has 5 nitrogen and oxygen atoms in total. The third-order valence-electron chi connectivity index (χ3n) is 5.75. The molecule has 0 atom stereocenters. The molecule has 1 aliphatic carbocycles. The topological polar surface area (TPSA) is 45.7 Å². The van der Waals surface area contributed by atoms with Crippen molar-refractivity contribution in [3.63, 3.8) is 0 Å². The number of halogens is 3. The number of ether oxygens (including phenoxy) is 1. The second-order valence-corrected chi connectivity index (χ2v) is 8.77. The standard InChI is InChI=1S/C21H24F3N3O2S/c1-14-18(20(28)27-11-9-26(10-12-27)16-6-2-3-7-16)30-19(25-14)15-5-4-8-17(13-15)29-21(22,23)24/h4-5,8,13,16H,2-3,6-7,9-12H2,1H3. The van der Waals surface area contributed by atoms with Gasteiger partial charge in [-0.2, -0.15) is 0 Å². The summed E-state index contributed by atoms with van der Waals surface area (Å²) in [6.07, 6.45) is 0.341. The first-order valence-electron chi connectivity index (χ1n) is 10.2. The van der Waals surface area contributed by atoms with Gasteiger partial charge in [0.1, 0.15) is 15.6 Å². The zero-order valence-electron chi connectivity index (χ0n) is 16.7. The summed E-state index contributed by atoms with van der Waals surface area (Å²) in [5, 5.41) is 0.507. The van der Waals surface area contributed by atoms with Crippen molar-refractivity contribution >= 4 is 17.2 Å². The summed E-state index contributed by atoms with van der Waals surface area (Å²) in [5.74, 6) is -0.353. The van der Waals surface area contributed by atoms with Gasteiger partial charge in [-0.15, -0.1) is 24.5 Å². The van der Waals surface area contributed by atoms with E-state index in [1.165, 1.54) is 55.2 Å². The lowest BCUT2D eigenvalue weighted by Gasteiger charge is -2.37. The predicted octanol–water partition coefficient (Wildman–Crippen LogP) is 4.72.